The fourth-order valence-electron chi connectivity index (χ4n) is 9.17. The number of aliphatic imine (C=N–C) groups is 2. The Morgan fingerprint density at radius 1 is 0.457 bits per heavy atom. The molecule has 12 amide bonds. The monoisotopic (exact) mass is 1300 g/mol. The van der Waals surface area contributed by atoms with Crippen molar-refractivity contribution in [3.05, 3.63) is 18.2 Å². The molecule has 1 aromatic heterocycles. The Morgan fingerprint density at radius 2 is 0.837 bits per heavy atom. The quantitative estimate of drug-likeness (QED) is 0.0169. The van der Waals surface area contributed by atoms with E-state index in [0.717, 1.165) is 0 Å². The van der Waals surface area contributed by atoms with E-state index in [9.17, 15) is 57.5 Å². The van der Waals surface area contributed by atoms with Gasteiger partial charge in [-0.15, -0.1) is 0 Å². The van der Waals surface area contributed by atoms with Gasteiger partial charge in [0.2, 0.25) is 70.9 Å². The number of nitrogens with one attached hydrogen (secondary N) is 12. The van der Waals surface area contributed by atoms with E-state index >= 15 is 0 Å². The van der Waals surface area contributed by atoms with Crippen LogP contribution in [0.25, 0.3) is 0 Å². The van der Waals surface area contributed by atoms with Crippen molar-refractivity contribution in [1.82, 2.24) is 68.5 Å². The number of carbonyl (C=O) groups is 12. The fraction of sp³-hybridized carbons (Fsp3) is 0.712. The van der Waals surface area contributed by atoms with Crippen LogP contribution in [0.5, 0.6) is 0 Å². The first-order chi connectivity index (χ1) is 42.9. The standard InChI is InChI=1S/C59H107N21O12/c1-14-33(10)46(57(92)69-27-45(81)74-40(18-16-20-68-59(64)65)52(87)75-39(47(61)82)17-15-19-67-58(62)63)80-50(85)36(13)73-54(89)42(23-31(6)7)78-55(90)43(24-32(8)9)79-56(91)44(25-37-26-66-28-70-37)76-49(84)35(12)71-48(83)34(11)72-53(88)41(22-30(4)5)77-51(86)38(60)21-29(2)3/h26,28-36,38-44,46H,14-25,27,60H2,1-13H3,(H2,61,82)(H,66,70)(H,69,92)(H,71,83)(H,72,88)(H,73,89)(H,74,81)(H,75,87)(H,76,84)(H,77,86)(H,78,90)(H,79,91)(H,80,85)(H4,62,63,67)(H4,64,65,68)/t33-,34-,35-,36-,38-,39-,40-,41-,42-,43-,44-,46-/m0/s1. The van der Waals surface area contributed by atoms with E-state index in [2.05, 4.69) is 78.4 Å². The summed E-state index contributed by atoms with van der Waals surface area (Å²) in [4.78, 5) is 177. The minimum Gasteiger partial charge on any atom is -0.370 e. The molecule has 33 nitrogen and oxygen atoms in total. The Balaban J connectivity index is 3.25. The number of nitrogens with zero attached hydrogens (tertiary/aromatic N) is 3. The van der Waals surface area contributed by atoms with Crippen molar-refractivity contribution in [2.45, 2.75) is 221 Å². The number of amides is 12. The molecule has 0 aliphatic carbocycles. The van der Waals surface area contributed by atoms with Gasteiger partial charge in [0.15, 0.2) is 11.9 Å². The van der Waals surface area contributed by atoms with Crippen molar-refractivity contribution < 1.29 is 57.5 Å². The molecule has 1 aromatic rings. The molecule has 0 bridgehead atoms. The molecular weight excluding hydrogens is 1190 g/mol. The van der Waals surface area contributed by atoms with Gasteiger partial charge in [0.1, 0.15) is 60.4 Å². The summed E-state index contributed by atoms with van der Waals surface area (Å²) in [5, 5.41) is 28.7. The number of hydrogen-bond acceptors (Lipinski definition) is 16. The Kier molecular flexibility index (Phi) is 36.9. The van der Waals surface area contributed by atoms with Crippen molar-refractivity contribution in [2.24, 2.45) is 74.0 Å². The van der Waals surface area contributed by atoms with Crippen LogP contribution in [0.2, 0.25) is 0 Å². The second-order valence-electron chi connectivity index (χ2n) is 24.9. The zero-order valence-corrected chi connectivity index (χ0v) is 55.8. The number of aromatic amines is 1. The lowest BCUT2D eigenvalue weighted by atomic mass is 9.97. The number of primary amides is 1. The Hall–Kier alpha value is -8.65. The predicted molar refractivity (Wildman–Crippen MR) is 346 cm³/mol. The van der Waals surface area contributed by atoms with Crippen molar-refractivity contribution in [3.8, 4) is 0 Å². The van der Waals surface area contributed by atoms with Crippen LogP contribution >= 0.6 is 0 Å². The smallest absolute Gasteiger partial charge is 0.243 e. The minimum absolute atomic E-state index is 0.000778. The number of nitrogens with two attached hydrogens (primary N) is 6. The molecule has 12 atom stereocenters. The van der Waals surface area contributed by atoms with Crippen LogP contribution in [0.3, 0.4) is 0 Å². The number of carbonyl (C=O) groups excluding carboxylic acids is 12. The summed E-state index contributed by atoms with van der Waals surface area (Å²) < 4.78 is 0. The van der Waals surface area contributed by atoms with Gasteiger partial charge in [0.25, 0.3) is 0 Å². The summed E-state index contributed by atoms with van der Waals surface area (Å²) >= 11 is 0. The largest absolute Gasteiger partial charge is 0.370 e. The highest BCUT2D eigenvalue weighted by Crippen LogP contribution is 2.14. The number of aromatic nitrogens is 2. The zero-order valence-electron chi connectivity index (χ0n) is 55.8. The van der Waals surface area contributed by atoms with E-state index in [-0.39, 0.29) is 100 Å². The van der Waals surface area contributed by atoms with Gasteiger partial charge in [-0.3, -0.25) is 67.5 Å². The molecule has 24 N–H and O–H groups in total. The maximum absolute atomic E-state index is 14.3. The highest BCUT2D eigenvalue weighted by Gasteiger charge is 2.36. The summed E-state index contributed by atoms with van der Waals surface area (Å²) in [7, 11) is 0. The van der Waals surface area contributed by atoms with Crippen LogP contribution < -0.4 is 92.9 Å². The number of imidazole rings is 1. The molecule has 0 radical (unpaired) electrons. The van der Waals surface area contributed by atoms with E-state index in [1.807, 2.05) is 27.7 Å². The molecule has 0 spiro atoms. The van der Waals surface area contributed by atoms with Crippen LogP contribution in [0, 0.1) is 29.6 Å². The molecule has 0 saturated carbocycles. The van der Waals surface area contributed by atoms with Gasteiger partial charge in [0.05, 0.1) is 18.9 Å². The summed E-state index contributed by atoms with van der Waals surface area (Å²) in [5.41, 5.74) is 33.6. The van der Waals surface area contributed by atoms with Crippen LogP contribution in [0.15, 0.2) is 22.5 Å². The third-order valence-corrected chi connectivity index (χ3v) is 14.4. The normalized spacial score (nSPS) is 15.2. The van der Waals surface area contributed by atoms with E-state index in [4.69, 9.17) is 34.4 Å². The molecule has 0 aromatic carbocycles. The van der Waals surface area contributed by atoms with E-state index in [1.165, 1.54) is 33.3 Å². The summed E-state index contributed by atoms with van der Waals surface area (Å²) in [6, 6.07) is -13.1. The minimum atomic E-state index is -1.36. The van der Waals surface area contributed by atoms with Crippen molar-refractivity contribution >= 4 is 82.8 Å². The first kappa shape index (κ1) is 81.4. The molecular formula is C59H107N21O12. The Labute approximate surface area is 539 Å². The van der Waals surface area contributed by atoms with E-state index in [0.29, 0.717) is 18.5 Å². The molecule has 520 valence electrons. The second-order valence-corrected chi connectivity index (χ2v) is 24.9. The molecule has 0 fully saturated rings. The zero-order chi connectivity index (χ0) is 70.1. The van der Waals surface area contributed by atoms with Gasteiger partial charge < -0.3 is 97.9 Å². The third kappa shape index (κ3) is 32.4. The van der Waals surface area contributed by atoms with Gasteiger partial charge in [-0.2, -0.15) is 0 Å². The maximum Gasteiger partial charge on any atom is 0.243 e. The average molecular weight is 1300 g/mol. The molecule has 1 heterocycles. The number of rotatable bonds is 43. The van der Waals surface area contributed by atoms with Crippen molar-refractivity contribution in [3.63, 3.8) is 0 Å². The lowest BCUT2D eigenvalue weighted by Gasteiger charge is -2.28. The summed E-state index contributed by atoms with van der Waals surface area (Å²) in [6.45, 7) is 21.9. The van der Waals surface area contributed by atoms with Crippen molar-refractivity contribution in [2.75, 3.05) is 19.6 Å². The summed E-state index contributed by atoms with van der Waals surface area (Å²) in [5.74, 6) is -10.2. The molecule has 0 unspecified atom stereocenters. The first-order valence-electron chi connectivity index (χ1n) is 31.4. The molecule has 33 heteroatoms. The van der Waals surface area contributed by atoms with Gasteiger partial charge >= 0.3 is 0 Å². The number of guanidine groups is 2. The van der Waals surface area contributed by atoms with Gasteiger partial charge in [-0.05, 0) is 102 Å². The number of H-pyrrole nitrogens is 1. The highest BCUT2D eigenvalue weighted by atomic mass is 16.2. The van der Waals surface area contributed by atoms with Crippen LogP contribution in [0.4, 0.5) is 0 Å². The van der Waals surface area contributed by atoms with Crippen LogP contribution in [0.1, 0.15) is 153 Å². The number of hydrogen-bond donors (Lipinski definition) is 18. The topological polar surface area (TPSA) is 547 Å². The molecule has 92 heavy (non-hydrogen) atoms. The van der Waals surface area contributed by atoms with Crippen LogP contribution in [-0.4, -0.2) is 179 Å². The predicted octanol–water partition coefficient (Wildman–Crippen LogP) is -3.87. The molecule has 0 aliphatic heterocycles. The highest BCUT2D eigenvalue weighted by molar-refractivity contribution is 5.99. The van der Waals surface area contributed by atoms with Crippen molar-refractivity contribution in [1.29, 1.82) is 0 Å². The van der Waals surface area contributed by atoms with Crippen LogP contribution in [-0.2, 0) is 64.0 Å². The Bertz CT molecular complexity index is 2640. The third-order valence-electron chi connectivity index (χ3n) is 14.4. The second kappa shape index (κ2) is 41.7. The fourth-order valence-corrected chi connectivity index (χ4v) is 9.17. The van der Waals surface area contributed by atoms with Gasteiger partial charge in [0, 0.05) is 31.4 Å². The lowest BCUT2D eigenvalue weighted by Crippen LogP contribution is -2.60. The van der Waals surface area contributed by atoms with Gasteiger partial charge in [-0.25, -0.2) is 4.98 Å². The SMILES string of the molecule is CC[C@H](C)[C@H](NC(=O)[C@H](C)NC(=O)[C@H](CC(C)C)NC(=O)[C@H](CC(C)C)NC(=O)[C@H](Cc1cnc[nH]1)NC(=O)[C@H](C)NC(=O)[C@H](C)NC(=O)[C@H](CC(C)C)NC(=O)[C@@H](N)CC(C)C)C(=O)NCC(=O)N[C@@H](CCCN=C(N)N)C(=O)N[C@@H](CCCN=C(N)N)C(N)=O. The Morgan fingerprint density at radius 3 is 1.26 bits per heavy atom. The maximum atomic E-state index is 14.3. The first-order valence-corrected chi connectivity index (χ1v) is 31.4. The summed E-state index contributed by atoms with van der Waals surface area (Å²) in [6.07, 6.45) is 4.39. The van der Waals surface area contributed by atoms with E-state index in [1.54, 1.807) is 41.5 Å². The molecule has 1 rings (SSSR count). The molecule has 0 saturated heterocycles. The average Bonchev–Trinajstić information content (AvgIpc) is 1.14. The molecule has 0 aliphatic rings. The van der Waals surface area contributed by atoms with E-state index < -0.39 is 150 Å². The van der Waals surface area contributed by atoms with Gasteiger partial charge in [-0.1, -0.05) is 75.7 Å². The lowest BCUT2D eigenvalue weighted by molar-refractivity contribution is -0.136.